The second kappa shape index (κ2) is 7.21. The number of carbonyl (C=O) groups is 1. The first-order valence-corrected chi connectivity index (χ1v) is 8.31. The number of hydrogen-bond donors (Lipinski definition) is 2. The topological polar surface area (TPSA) is 71.2 Å². The molecule has 0 fully saturated rings. The summed E-state index contributed by atoms with van der Waals surface area (Å²) in [6.07, 6.45) is 0.772. The molecule has 0 aliphatic carbocycles. The van der Waals surface area contributed by atoms with Crippen LogP contribution in [0.2, 0.25) is 0 Å². The van der Waals surface area contributed by atoms with Crippen LogP contribution in [-0.2, 0) is 6.42 Å². The summed E-state index contributed by atoms with van der Waals surface area (Å²) in [6, 6.07) is 14.2. The zero-order valence-corrected chi connectivity index (χ0v) is 14.3. The van der Waals surface area contributed by atoms with Gasteiger partial charge in [-0.15, -0.1) is 0 Å². The molecule has 0 unspecified atom stereocenters. The third-order valence-corrected chi connectivity index (χ3v) is 4.00. The predicted octanol–water partition coefficient (Wildman–Crippen LogP) is 3.74. The zero-order chi connectivity index (χ0) is 17.8. The van der Waals surface area contributed by atoms with Gasteiger partial charge in [-0.3, -0.25) is 9.59 Å². The van der Waals surface area contributed by atoms with Crippen LogP contribution in [0.5, 0.6) is 5.75 Å². The number of hydrogen-bond acceptors (Lipinski definition) is 3. The van der Waals surface area contributed by atoms with Gasteiger partial charge in [0, 0.05) is 17.1 Å². The van der Waals surface area contributed by atoms with Gasteiger partial charge in [-0.1, -0.05) is 25.1 Å². The number of H-pyrrole nitrogens is 1. The lowest BCUT2D eigenvalue weighted by Gasteiger charge is -2.11. The highest BCUT2D eigenvalue weighted by Crippen LogP contribution is 2.23. The van der Waals surface area contributed by atoms with Crippen molar-refractivity contribution >= 4 is 22.5 Å². The van der Waals surface area contributed by atoms with E-state index < -0.39 is 0 Å². The Labute approximate surface area is 145 Å². The Hall–Kier alpha value is -3.08. The lowest BCUT2D eigenvalue weighted by molar-refractivity contribution is 0.102. The molecule has 25 heavy (non-hydrogen) atoms. The smallest absolute Gasteiger partial charge is 0.259 e. The number of anilines is 1. The number of benzene rings is 2. The summed E-state index contributed by atoms with van der Waals surface area (Å²) < 4.78 is 5.50. The number of aromatic amines is 1. The zero-order valence-electron chi connectivity index (χ0n) is 14.3. The molecular weight excluding hydrogens is 316 g/mol. The molecule has 0 spiro atoms. The van der Waals surface area contributed by atoms with Crippen molar-refractivity contribution in [2.75, 3.05) is 11.9 Å². The van der Waals surface area contributed by atoms with Gasteiger partial charge in [0.1, 0.15) is 5.75 Å². The van der Waals surface area contributed by atoms with Crippen molar-refractivity contribution in [2.24, 2.45) is 0 Å². The monoisotopic (exact) mass is 336 g/mol. The summed E-state index contributed by atoms with van der Waals surface area (Å²) >= 11 is 0. The van der Waals surface area contributed by atoms with E-state index >= 15 is 0 Å². The van der Waals surface area contributed by atoms with Gasteiger partial charge in [-0.05, 0) is 43.2 Å². The van der Waals surface area contributed by atoms with Gasteiger partial charge in [0.05, 0.1) is 17.7 Å². The molecule has 1 amide bonds. The van der Waals surface area contributed by atoms with Gasteiger partial charge < -0.3 is 15.0 Å². The van der Waals surface area contributed by atoms with Gasteiger partial charge >= 0.3 is 0 Å². The molecule has 0 bridgehead atoms. The summed E-state index contributed by atoms with van der Waals surface area (Å²) in [5, 5.41) is 3.85. The first-order chi connectivity index (χ1) is 12.1. The fraction of sp³-hybridized carbons (Fsp3) is 0.200. The van der Waals surface area contributed by atoms with Gasteiger partial charge in [-0.25, -0.2) is 0 Å². The molecule has 1 heterocycles. The minimum atomic E-state index is -0.252. The Morgan fingerprint density at radius 3 is 2.68 bits per heavy atom. The highest BCUT2D eigenvalue weighted by Gasteiger charge is 2.12. The lowest BCUT2D eigenvalue weighted by Crippen LogP contribution is -2.14. The number of fused-ring (bicyclic) bond motifs is 1. The Morgan fingerprint density at radius 2 is 1.92 bits per heavy atom. The van der Waals surface area contributed by atoms with Crippen LogP contribution in [0.25, 0.3) is 10.9 Å². The molecule has 0 radical (unpaired) electrons. The summed E-state index contributed by atoms with van der Waals surface area (Å²) in [6.45, 7) is 4.37. The molecule has 0 aliphatic rings. The van der Waals surface area contributed by atoms with E-state index in [0.29, 0.717) is 29.1 Å². The molecule has 3 aromatic rings. The number of nitrogens with one attached hydrogen (secondary N) is 2. The SMILES string of the molecule is CCOc1ccccc1C(=O)Nc1ccc2c(CC)cc(=O)[nH]c2c1. The van der Waals surface area contributed by atoms with Crippen molar-refractivity contribution in [3.8, 4) is 5.75 Å². The molecule has 2 N–H and O–H groups in total. The van der Waals surface area contributed by atoms with E-state index in [-0.39, 0.29) is 11.5 Å². The van der Waals surface area contributed by atoms with Gasteiger partial charge in [0.2, 0.25) is 5.56 Å². The number of para-hydroxylation sites is 1. The quantitative estimate of drug-likeness (QED) is 0.745. The van der Waals surface area contributed by atoms with Gasteiger partial charge in [-0.2, -0.15) is 0 Å². The van der Waals surface area contributed by atoms with E-state index in [1.807, 2.05) is 32.0 Å². The third-order valence-electron chi connectivity index (χ3n) is 4.00. The molecule has 0 aliphatic heterocycles. The van der Waals surface area contributed by atoms with E-state index in [0.717, 1.165) is 17.4 Å². The summed E-state index contributed by atoms with van der Waals surface area (Å²) in [5.74, 6) is 0.294. The fourth-order valence-corrected chi connectivity index (χ4v) is 2.84. The van der Waals surface area contributed by atoms with E-state index in [4.69, 9.17) is 4.74 Å². The number of pyridine rings is 1. The first kappa shape index (κ1) is 16.8. The average Bonchev–Trinajstić information content (AvgIpc) is 2.61. The average molecular weight is 336 g/mol. The van der Waals surface area contributed by atoms with E-state index in [9.17, 15) is 9.59 Å². The maximum Gasteiger partial charge on any atom is 0.259 e. The maximum absolute atomic E-state index is 12.6. The van der Waals surface area contributed by atoms with Crippen LogP contribution in [0, 0.1) is 0 Å². The highest BCUT2D eigenvalue weighted by molar-refractivity contribution is 6.06. The van der Waals surface area contributed by atoms with Crippen LogP contribution < -0.4 is 15.6 Å². The number of carbonyl (C=O) groups excluding carboxylic acids is 1. The molecule has 5 nitrogen and oxygen atoms in total. The third kappa shape index (κ3) is 3.55. The minimum absolute atomic E-state index is 0.144. The Kier molecular flexibility index (Phi) is 4.84. The van der Waals surface area contributed by atoms with Gasteiger partial charge in [0.15, 0.2) is 0 Å². The van der Waals surface area contributed by atoms with Gasteiger partial charge in [0.25, 0.3) is 5.91 Å². The number of ether oxygens (including phenoxy) is 1. The van der Waals surface area contributed by atoms with Crippen molar-refractivity contribution in [3.63, 3.8) is 0 Å². The van der Waals surface area contributed by atoms with Crippen molar-refractivity contribution in [1.82, 2.24) is 4.98 Å². The number of rotatable bonds is 5. The predicted molar refractivity (Wildman–Crippen MR) is 99.5 cm³/mol. The standard InChI is InChI=1S/C20H20N2O3/c1-3-13-11-19(23)22-17-12-14(9-10-15(13)17)21-20(24)16-7-5-6-8-18(16)25-4-2/h5-12H,3-4H2,1-2H3,(H,21,24)(H,22,23). The molecular formula is C20H20N2O3. The summed E-state index contributed by atoms with van der Waals surface area (Å²) in [4.78, 5) is 27.2. The van der Waals surface area contributed by atoms with Crippen LogP contribution in [0.1, 0.15) is 29.8 Å². The van der Waals surface area contributed by atoms with Crippen molar-refractivity contribution in [1.29, 1.82) is 0 Å². The van der Waals surface area contributed by atoms with Crippen LogP contribution in [0.3, 0.4) is 0 Å². The molecule has 0 saturated carbocycles. The van der Waals surface area contributed by atoms with Crippen LogP contribution in [0.15, 0.2) is 53.3 Å². The molecule has 1 aromatic heterocycles. The second-order valence-electron chi connectivity index (χ2n) is 5.66. The Bertz CT molecular complexity index is 976. The first-order valence-electron chi connectivity index (χ1n) is 8.31. The molecule has 0 saturated heterocycles. The molecule has 0 atom stereocenters. The lowest BCUT2D eigenvalue weighted by atomic mass is 10.1. The van der Waals surface area contributed by atoms with Crippen LogP contribution in [-0.4, -0.2) is 17.5 Å². The molecule has 2 aromatic carbocycles. The summed E-state index contributed by atoms with van der Waals surface area (Å²) in [5.41, 5.74) is 2.64. The van der Waals surface area contributed by atoms with Crippen molar-refractivity contribution in [2.45, 2.75) is 20.3 Å². The van der Waals surface area contributed by atoms with Crippen molar-refractivity contribution in [3.05, 3.63) is 70.0 Å². The fourth-order valence-electron chi connectivity index (χ4n) is 2.84. The summed E-state index contributed by atoms with van der Waals surface area (Å²) in [7, 11) is 0. The van der Waals surface area contributed by atoms with Crippen LogP contribution in [0.4, 0.5) is 5.69 Å². The van der Waals surface area contributed by atoms with E-state index in [2.05, 4.69) is 10.3 Å². The second-order valence-corrected chi connectivity index (χ2v) is 5.66. The molecule has 128 valence electrons. The minimum Gasteiger partial charge on any atom is -0.493 e. The maximum atomic E-state index is 12.6. The molecule has 5 heteroatoms. The Morgan fingerprint density at radius 1 is 1.12 bits per heavy atom. The largest absolute Gasteiger partial charge is 0.493 e. The number of aryl methyl sites for hydroxylation is 1. The number of amides is 1. The normalized spacial score (nSPS) is 10.6. The van der Waals surface area contributed by atoms with Crippen LogP contribution >= 0.6 is 0 Å². The Balaban J connectivity index is 1.93. The highest BCUT2D eigenvalue weighted by atomic mass is 16.5. The number of aromatic nitrogens is 1. The van der Waals surface area contributed by atoms with E-state index in [1.165, 1.54) is 0 Å². The van der Waals surface area contributed by atoms with Crippen molar-refractivity contribution < 1.29 is 9.53 Å². The van der Waals surface area contributed by atoms with E-state index in [1.54, 1.807) is 30.3 Å². The molecule has 3 rings (SSSR count).